The van der Waals surface area contributed by atoms with E-state index < -0.39 is 17.2 Å². The monoisotopic (exact) mass is 564 g/mol. The molecule has 2 aromatic heterocycles. The molecule has 3 aliphatic rings. The predicted octanol–water partition coefficient (Wildman–Crippen LogP) is 6.00. The van der Waals surface area contributed by atoms with Crippen LogP contribution >= 0.6 is 0 Å². The van der Waals surface area contributed by atoms with E-state index in [1.165, 1.54) is 6.07 Å². The van der Waals surface area contributed by atoms with Crippen LogP contribution in [0.1, 0.15) is 57.7 Å². The molecule has 9 nitrogen and oxygen atoms in total. The van der Waals surface area contributed by atoms with Gasteiger partial charge < -0.3 is 24.6 Å². The van der Waals surface area contributed by atoms with Gasteiger partial charge in [-0.2, -0.15) is 0 Å². The molecule has 216 valence electrons. The topological polar surface area (TPSA) is 92.7 Å². The van der Waals surface area contributed by atoms with Gasteiger partial charge >= 0.3 is 6.09 Å². The third kappa shape index (κ3) is 5.75. The molecule has 0 atom stereocenters. The second kappa shape index (κ2) is 10.8. The highest BCUT2D eigenvalue weighted by Gasteiger charge is 2.31. The first kappa shape index (κ1) is 27.2. The van der Waals surface area contributed by atoms with Crippen LogP contribution in [-0.4, -0.2) is 57.3 Å². The number of aromatic nitrogens is 3. The molecule has 1 fully saturated rings. The van der Waals surface area contributed by atoms with Crippen molar-refractivity contribution < 1.29 is 23.0 Å². The highest BCUT2D eigenvalue weighted by atomic mass is 19.1. The number of fused-ring (bicyclic) bond motifs is 2. The van der Waals surface area contributed by atoms with E-state index in [0.29, 0.717) is 55.8 Å². The lowest BCUT2D eigenvalue weighted by Crippen LogP contribution is -2.40. The van der Waals surface area contributed by atoms with Gasteiger partial charge in [-0.1, -0.05) is 18.9 Å². The SMILES string of the molecule is CC(C)(C)OC(=O)N1CCc2nc(Nc3ncc(F)c(-c4cc(F)c5c(c4)N(C4CCCC4)CCO5)n3)ccc2C1. The Labute approximate surface area is 237 Å². The first-order chi connectivity index (χ1) is 19.6. The van der Waals surface area contributed by atoms with Gasteiger partial charge in [0.25, 0.3) is 0 Å². The molecule has 2 aliphatic heterocycles. The lowest BCUT2D eigenvalue weighted by Gasteiger charge is -2.36. The summed E-state index contributed by atoms with van der Waals surface area (Å²) >= 11 is 0. The molecule has 1 saturated carbocycles. The molecule has 0 spiro atoms. The average Bonchev–Trinajstić information content (AvgIpc) is 3.47. The second-order valence-electron chi connectivity index (χ2n) is 11.8. The first-order valence-electron chi connectivity index (χ1n) is 14.1. The van der Waals surface area contributed by atoms with Crippen LogP contribution < -0.4 is 15.0 Å². The minimum Gasteiger partial charge on any atom is -0.486 e. The molecule has 1 aromatic carbocycles. The van der Waals surface area contributed by atoms with Crippen molar-refractivity contribution in [1.29, 1.82) is 0 Å². The molecule has 41 heavy (non-hydrogen) atoms. The van der Waals surface area contributed by atoms with E-state index in [1.807, 2.05) is 26.8 Å². The fourth-order valence-electron chi connectivity index (χ4n) is 5.75. The maximum atomic E-state index is 15.2. The number of pyridine rings is 1. The lowest BCUT2D eigenvalue weighted by atomic mass is 10.1. The van der Waals surface area contributed by atoms with Gasteiger partial charge in [-0.05, 0) is 57.4 Å². The number of halogens is 2. The van der Waals surface area contributed by atoms with Gasteiger partial charge in [0.1, 0.15) is 23.7 Å². The first-order valence-corrected chi connectivity index (χ1v) is 14.1. The van der Waals surface area contributed by atoms with E-state index in [9.17, 15) is 4.79 Å². The van der Waals surface area contributed by atoms with Crippen molar-refractivity contribution in [2.24, 2.45) is 0 Å². The van der Waals surface area contributed by atoms with Gasteiger partial charge in [-0.15, -0.1) is 0 Å². The summed E-state index contributed by atoms with van der Waals surface area (Å²) in [6.07, 6.45) is 5.68. The molecule has 0 saturated heterocycles. The van der Waals surface area contributed by atoms with E-state index in [1.54, 1.807) is 17.0 Å². The van der Waals surface area contributed by atoms with Gasteiger partial charge in [0.15, 0.2) is 17.4 Å². The fraction of sp³-hybridized carbons (Fsp3) is 0.467. The fourth-order valence-corrected chi connectivity index (χ4v) is 5.75. The van der Waals surface area contributed by atoms with E-state index in [-0.39, 0.29) is 23.5 Å². The summed E-state index contributed by atoms with van der Waals surface area (Å²) in [6.45, 7) is 7.50. The lowest BCUT2D eigenvalue weighted by molar-refractivity contribution is 0.0223. The normalized spacial score (nSPS) is 17.1. The maximum absolute atomic E-state index is 15.2. The Bertz CT molecular complexity index is 1470. The second-order valence-corrected chi connectivity index (χ2v) is 11.8. The number of benzene rings is 1. The molecule has 0 bridgehead atoms. The Hall–Kier alpha value is -4.02. The number of hydrogen-bond donors (Lipinski definition) is 1. The van der Waals surface area contributed by atoms with Crippen molar-refractivity contribution in [3.8, 4) is 17.0 Å². The van der Waals surface area contributed by atoms with Crippen LogP contribution in [0.3, 0.4) is 0 Å². The Kier molecular flexibility index (Phi) is 7.13. The third-order valence-electron chi connectivity index (χ3n) is 7.63. The number of carbonyl (C=O) groups is 1. The van der Waals surface area contributed by atoms with Crippen LogP contribution in [0.15, 0.2) is 30.5 Å². The molecular weight excluding hydrogens is 530 g/mol. The van der Waals surface area contributed by atoms with Crippen LogP contribution in [0.5, 0.6) is 5.75 Å². The number of amides is 1. The molecule has 0 radical (unpaired) electrons. The van der Waals surface area contributed by atoms with Gasteiger partial charge in [0.2, 0.25) is 5.95 Å². The summed E-state index contributed by atoms with van der Waals surface area (Å²) in [5.41, 5.74) is 2.16. The smallest absolute Gasteiger partial charge is 0.410 e. The van der Waals surface area contributed by atoms with Crippen molar-refractivity contribution in [2.75, 3.05) is 29.9 Å². The highest BCUT2D eigenvalue weighted by molar-refractivity contribution is 5.73. The van der Waals surface area contributed by atoms with Crippen LogP contribution in [0.2, 0.25) is 0 Å². The largest absolute Gasteiger partial charge is 0.486 e. The molecule has 1 aliphatic carbocycles. The number of nitrogens with zero attached hydrogens (tertiary/aromatic N) is 5. The summed E-state index contributed by atoms with van der Waals surface area (Å²) in [7, 11) is 0. The summed E-state index contributed by atoms with van der Waals surface area (Å²) in [5, 5.41) is 3.05. The zero-order valence-corrected chi connectivity index (χ0v) is 23.5. The van der Waals surface area contributed by atoms with E-state index >= 15 is 8.78 Å². The van der Waals surface area contributed by atoms with Gasteiger partial charge in [-0.3, -0.25) is 0 Å². The highest BCUT2D eigenvalue weighted by Crippen LogP contribution is 2.41. The van der Waals surface area contributed by atoms with Gasteiger partial charge in [0.05, 0.1) is 25.0 Å². The molecule has 3 aromatic rings. The zero-order valence-electron chi connectivity index (χ0n) is 23.5. The van der Waals surface area contributed by atoms with Crippen molar-refractivity contribution in [2.45, 2.75) is 71.1 Å². The van der Waals surface area contributed by atoms with Gasteiger partial charge in [-0.25, -0.2) is 28.5 Å². The molecule has 1 amide bonds. The Morgan fingerprint density at radius 2 is 1.90 bits per heavy atom. The molecule has 1 N–H and O–H groups in total. The third-order valence-corrected chi connectivity index (χ3v) is 7.63. The number of nitrogens with one attached hydrogen (secondary N) is 1. The maximum Gasteiger partial charge on any atom is 0.410 e. The Morgan fingerprint density at radius 3 is 2.68 bits per heavy atom. The number of hydrogen-bond acceptors (Lipinski definition) is 8. The number of anilines is 3. The summed E-state index contributed by atoms with van der Waals surface area (Å²) in [6, 6.07) is 7.01. The van der Waals surface area contributed by atoms with Crippen LogP contribution in [0, 0.1) is 11.6 Å². The standard InChI is InChI=1S/C30H34F2N6O3/c1-30(2,3)41-29(39)37-11-10-23-18(17-37)8-9-25(34-23)35-28-33-16-22(32)26(36-28)19-14-21(31)27-24(15-19)38(12-13-40-27)20-6-4-5-7-20/h8-9,14-16,20H,4-7,10-13,17H2,1-3H3,(H,33,34,35,36). The van der Waals surface area contributed by atoms with E-state index in [2.05, 4.69) is 25.2 Å². The van der Waals surface area contributed by atoms with E-state index in [0.717, 1.165) is 43.1 Å². The van der Waals surface area contributed by atoms with Crippen molar-refractivity contribution >= 4 is 23.5 Å². The van der Waals surface area contributed by atoms with Gasteiger partial charge in [0, 0.05) is 30.3 Å². The van der Waals surface area contributed by atoms with Crippen LogP contribution in [-0.2, 0) is 17.7 Å². The summed E-state index contributed by atoms with van der Waals surface area (Å²) < 4.78 is 41.4. The quantitative estimate of drug-likeness (QED) is 0.413. The molecule has 6 rings (SSSR count). The summed E-state index contributed by atoms with van der Waals surface area (Å²) in [4.78, 5) is 29.5. The van der Waals surface area contributed by atoms with Crippen LogP contribution in [0.25, 0.3) is 11.3 Å². The van der Waals surface area contributed by atoms with Crippen LogP contribution in [0.4, 0.5) is 31.0 Å². The predicted molar refractivity (Wildman–Crippen MR) is 150 cm³/mol. The minimum atomic E-state index is -0.653. The Balaban J connectivity index is 1.23. The number of ether oxygens (including phenoxy) is 2. The van der Waals surface area contributed by atoms with Crippen molar-refractivity contribution in [3.05, 3.63) is 53.4 Å². The number of rotatable bonds is 4. The molecule has 0 unspecified atom stereocenters. The molecular formula is C30H34F2N6O3. The molecule has 4 heterocycles. The minimum absolute atomic E-state index is 0.00731. The average molecular weight is 565 g/mol. The van der Waals surface area contributed by atoms with Crippen molar-refractivity contribution in [3.63, 3.8) is 0 Å². The zero-order chi connectivity index (χ0) is 28.7. The number of carbonyl (C=O) groups excluding carboxylic acids is 1. The summed E-state index contributed by atoms with van der Waals surface area (Å²) in [5.74, 6) is -0.348. The molecule has 11 heteroatoms. The Morgan fingerprint density at radius 1 is 1.10 bits per heavy atom. The van der Waals surface area contributed by atoms with E-state index in [4.69, 9.17) is 9.47 Å². The van der Waals surface area contributed by atoms with Crippen molar-refractivity contribution in [1.82, 2.24) is 19.9 Å².